The molecule has 5 nitrogen and oxygen atoms in total. The van der Waals surface area contributed by atoms with Gasteiger partial charge in [-0.05, 0) is 51.8 Å². The summed E-state index contributed by atoms with van der Waals surface area (Å²) in [5, 5.41) is 21.2. The van der Waals surface area contributed by atoms with E-state index in [1.165, 1.54) is 0 Å². The number of piperazine rings is 1. The molecule has 1 heterocycles. The predicted molar refractivity (Wildman–Crippen MR) is 103 cm³/mol. The second-order valence-corrected chi connectivity index (χ2v) is 8.38. The van der Waals surface area contributed by atoms with Crippen LogP contribution in [0.1, 0.15) is 33.3 Å². The Balaban J connectivity index is 2.03. The topological polar surface area (TPSA) is 56.2 Å². The number of aliphatic hydroxyl groups is 1. The summed E-state index contributed by atoms with van der Waals surface area (Å²) in [5.41, 5.74) is -0.357. The lowest BCUT2D eigenvalue weighted by Crippen LogP contribution is -2.53. The van der Waals surface area contributed by atoms with Crippen molar-refractivity contribution in [2.75, 3.05) is 33.2 Å². The van der Waals surface area contributed by atoms with E-state index in [-0.39, 0.29) is 0 Å². The summed E-state index contributed by atoms with van der Waals surface area (Å²) in [6.45, 7) is 11.8. The van der Waals surface area contributed by atoms with Gasteiger partial charge in [0.25, 0.3) is 0 Å². The summed E-state index contributed by atoms with van der Waals surface area (Å²) >= 11 is 6.43. The second kappa shape index (κ2) is 7.95. The molecule has 1 fully saturated rings. The monoisotopic (exact) mass is 368 g/mol. The maximum Gasteiger partial charge on any atom is 0.491 e. The number of likely N-dealkylation sites (N-methyl/N-ethyl adjacent to an activating group) is 1. The molecule has 0 amide bonds. The number of hydrogen-bond acceptors (Lipinski definition) is 5. The zero-order chi connectivity index (χ0) is 18.8. The maximum absolute atomic E-state index is 10.4. The van der Waals surface area contributed by atoms with Crippen LogP contribution in [0.15, 0.2) is 18.2 Å². The first-order valence-electron chi connectivity index (χ1n) is 8.77. The molecule has 0 aromatic heterocycles. The zero-order valence-electron chi connectivity index (χ0n) is 15.9. The van der Waals surface area contributed by atoms with E-state index in [4.69, 9.17) is 16.3 Å². The van der Waals surface area contributed by atoms with E-state index in [0.717, 1.165) is 38.3 Å². The second-order valence-electron chi connectivity index (χ2n) is 7.97. The molecule has 0 bridgehead atoms. The van der Waals surface area contributed by atoms with Crippen LogP contribution in [0.3, 0.4) is 0 Å². The van der Waals surface area contributed by atoms with Crippen LogP contribution in [0.5, 0.6) is 0 Å². The predicted octanol–water partition coefficient (Wildman–Crippen LogP) is 1.34. The van der Waals surface area contributed by atoms with Gasteiger partial charge in [-0.3, -0.25) is 4.90 Å². The molecule has 140 valence electrons. The van der Waals surface area contributed by atoms with Gasteiger partial charge in [-0.25, -0.2) is 0 Å². The van der Waals surface area contributed by atoms with Crippen LogP contribution in [0.25, 0.3) is 0 Å². The number of nitrogens with zero attached hydrogens (tertiary/aromatic N) is 2. The Bertz CT molecular complexity index is 584. The third-order valence-electron chi connectivity index (χ3n) is 5.23. The van der Waals surface area contributed by atoms with Crippen molar-refractivity contribution in [1.82, 2.24) is 9.80 Å². The minimum Gasteiger partial charge on any atom is -0.423 e. The summed E-state index contributed by atoms with van der Waals surface area (Å²) in [6, 6.07) is 5.53. The average molecular weight is 369 g/mol. The molecule has 7 heteroatoms. The molecule has 0 unspecified atom stereocenters. The molecule has 1 aromatic carbocycles. The molecule has 1 aliphatic heterocycles. The first-order chi connectivity index (χ1) is 11.5. The Labute approximate surface area is 156 Å². The van der Waals surface area contributed by atoms with E-state index in [1.54, 1.807) is 33.8 Å². The first-order valence-corrected chi connectivity index (χ1v) is 9.15. The van der Waals surface area contributed by atoms with Crippen LogP contribution in [0.2, 0.25) is 5.02 Å². The molecule has 0 aliphatic carbocycles. The summed E-state index contributed by atoms with van der Waals surface area (Å²) in [7, 11) is 0.993. The lowest BCUT2D eigenvalue weighted by atomic mass is 9.76. The van der Waals surface area contributed by atoms with Crippen LogP contribution < -0.4 is 5.46 Å². The van der Waals surface area contributed by atoms with Crippen molar-refractivity contribution in [3.8, 4) is 0 Å². The van der Waals surface area contributed by atoms with E-state index < -0.39 is 18.3 Å². The van der Waals surface area contributed by atoms with Crippen LogP contribution in [0, 0.1) is 0 Å². The highest BCUT2D eigenvalue weighted by molar-refractivity contribution is 6.60. The van der Waals surface area contributed by atoms with E-state index in [9.17, 15) is 10.1 Å². The zero-order valence-corrected chi connectivity index (χ0v) is 16.7. The van der Waals surface area contributed by atoms with Gasteiger partial charge in [0, 0.05) is 37.7 Å². The molecular formula is C18H30BClN2O3. The van der Waals surface area contributed by atoms with Crippen molar-refractivity contribution < 1.29 is 14.8 Å². The highest BCUT2D eigenvalue weighted by Crippen LogP contribution is 2.25. The van der Waals surface area contributed by atoms with Crippen molar-refractivity contribution >= 4 is 24.2 Å². The third-order valence-corrected chi connectivity index (χ3v) is 5.58. The molecule has 0 spiro atoms. The normalized spacial score (nSPS) is 17.8. The molecule has 1 aromatic rings. The molecular weight excluding hydrogens is 338 g/mol. The lowest BCUT2D eigenvalue weighted by Gasteiger charge is -2.38. The smallest absolute Gasteiger partial charge is 0.423 e. The molecule has 25 heavy (non-hydrogen) atoms. The van der Waals surface area contributed by atoms with E-state index in [2.05, 4.69) is 16.8 Å². The quantitative estimate of drug-likeness (QED) is 0.742. The molecule has 2 N–H and O–H groups in total. The number of benzene rings is 1. The van der Waals surface area contributed by atoms with E-state index >= 15 is 0 Å². The Hall–Kier alpha value is -0.625. The summed E-state index contributed by atoms with van der Waals surface area (Å²) < 4.78 is 5.68. The fourth-order valence-corrected chi connectivity index (χ4v) is 2.83. The highest BCUT2D eigenvalue weighted by atomic mass is 35.5. The minimum atomic E-state index is -1.14. The van der Waals surface area contributed by atoms with Gasteiger partial charge < -0.3 is 19.7 Å². The van der Waals surface area contributed by atoms with Gasteiger partial charge in [-0.15, -0.1) is 0 Å². The maximum atomic E-state index is 10.4. The van der Waals surface area contributed by atoms with Gasteiger partial charge in [0.2, 0.25) is 0 Å². The van der Waals surface area contributed by atoms with Crippen molar-refractivity contribution in [2.45, 2.75) is 45.4 Å². The van der Waals surface area contributed by atoms with Crippen LogP contribution in [-0.2, 0) is 11.2 Å². The van der Waals surface area contributed by atoms with Gasteiger partial charge in [-0.2, -0.15) is 0 Å². The summed E-state index contributed by atoms with van der Waals surface area (Å²) in [4.78, 5) is 4.70. The lowest BCUT2D eigenvalue weighted by molar-refractivity contribution is -0.0982. The Morgan fingerprint density at radius 3 is 2.28 bits per heavy atom. The number of rotatable bonds is 6. The van der Waals surface area contributed by atoms with Gasteiger partial charge in [-0.1, -0.05) is 23.7 Å². The summed E-state index contributed by atoms with van der Waals surface area (Å²) in [5.74, 6) is 0. The van der Waals surface area contributed by atoms with Gasteiger partial charge in [0.15, 0.2) is 0 Å². The van der Waals surface area contributed by atoms with E-state index in [1.807, 2.05) is 12.1 Å². The largest absolute Gasteiger partial charge is 0.491 e. The molecule has 1 saturated heterocycles. The summed E-state index contributed by atoms with van der Waals surface area (Å²) in [6.07, 6.45) is 0. The van der Waals surface area contributed by atoms with Crippen molar-refractivity contribution in [3.05, 3.63) is 28.8 Å². The van der Waals surface area contributed by atoms with Gasteiger partial charge >= 0.3 is 7.12 Å². The fourth-order valence-electron chi connectivity index (χ4n) is 2.58. The molecule has 0 saturated carbocycles. The minimum absolute atomic E-state index is 0.587. The highest BCUT2D eigenvalue weighted by Gasteiger charge is 2.39. The van der Waals surface area contributed by atoms with Crippen LogP contribution >= 0.6 is 11.6 Å². The molecule has 0 atom stereocenters. The van der Waals surface area contributed by atoms with Gasteiger partial charge in [0.05, 0.1) is 11.2 Å². The standard InChI is InChI=1S/C18H30BClN2O3/c1-17(2,23)18(3,4)25-19(24)15-7-6-14(16(20)12-15)13-22-10-8-21(5)9-11-22/h6-7,12,23-24H,8-11,13H2,1-5H3. The Kier molecular flexibility index (Phi) is 6.57. The number of hydrogen-bond donors (Lipinski definition) is 2. The SMILES string of the molecule is CN1CCN(Cc2ccc(B(O)OC(C)(C)C(C)(C)O)cc2Cl)CC1. The van der Waals surface area contributed by atoms with E-state index in [0.29, 0.717) is 10.5 Å². The molecule has 0 radical (unpaired) electrons. The van der Waals surface area contributed by atoms with Crippen molar-refractivity contribution in [3.63, 3.8) is 0 Å². The Morgan fingerprint density at radius 2 is 1.76 bits per heavy atom. The first kappa shape index (κ1) is 20.7. The number of halogens is 1. The third kappa shape index (κ3) is 5.42. The average Bonchev–Trinajstić information content (AvgIpc) is 2.49. The van der Waals surface area contributed by atoms with Gasteiger partial charge in [0.1, 0.15) is 0 Å². The molecule has 2 rings (SSSR count). The van der Waals surface area contributed by atoms with Crippen molar-refractivity contribution in [2.24, 2.45) is 0 Å². The fraction of sp³-hybridized carbons (Fsp3) is 0.667. The molecule has 1 aliphatic rings. The van der Waals surface area contributed by atoms with Crippen LogP contribution in [0.4, 0.5) is 0 Å². The van der Waals surface area contributed by atoms with Crippen molar-refractivity contribution in [1.29, 1.82) is 0 Å². The Morgan fingerprint density at radius 1 is 1.16 bits per heavy atom. The van der Waals surface area contributed by atoms with Crippen LogP contribution in [-0.4, -0.2) is 71.5 Å².